The lowest BCUT2D eigenvalue weighted by molar-refractivity contribution is -0.279. The summed E-state index contributed by atoms with van der Waals surface area (Å²) in [5, 5.41) is 51.3. The molecule has 0 aliphatic carbocycles. The number of aliphatic hydroxyl groups is 4. The van der Waals surface area contributed by atoms with Crippen molar-refractivity contribution in [2.24, 2.45) is 7.05 Å². The van der Waals surface area contributed by atoms with Crippen LogP contribution in [0, 0.1) is 11.3 Å². The van der Waals surface area contributed by atoms with Crippen molar-refractivity contribution >= 4 is 32.1 Å². The molecule has 3 aromatic rings. The van der Waals surface area contributed by atoms with Crippen molar-refractivity contribution in [2.75, 3.05) is 24.5 Å². The lowest BCUT2D eigenvalue weighted by Crippen LogP contribution is -2.60. The number of allylic oxidation sites excluding steroid dienone is 2. The zero-order chi connectivity index (χ0) is 30.1. The standard InChI is InChI=1S/C29H36N4O7S/c1-5-33(6-2)21-10-9-18-13-20(8-7-19(18)14-21)23-12-11-22(32(23)4)17(3)25(15-30)41(38,39)31-16-24-26(34)27(35)28(36)29(37)40-24/h7-14,24,26-29,31,34-37H,5-6,16H2,1-4H3/b25-17+/t24-,26-,27+,28-,29?/m1/s1. The highest BCUT2D eigenvalue weighted by Crippen LogP contribution is 2.31. The number of sulfonamides is 1. The fourth-order valence-corrected chi connectivity index (χ4v) is 6.34. The molecule has 220 valence electrons. The van der Waals surface area contributed by atoms with E-state index in [1.807, 2.05) is 16.7 Å². The van der Waals surface area contributed by atoms with E-state index < -0.39 is 52.2 Å². The van der Waals surface area contributed by atoms with Crippen molar-refractivity contribution in [3.05, 3.63) is 59.1 Å². The Morgan fingerprint density at radius 2 is 1.66 bits per heavy atom. The van der Waals surface area contributed by atoms with Crippen LogP contribution in [0.25, 0.3) is 27.6 Å². The van der Waals surface area contributed by atoms with E-state index in [1.54, 1.807) is 19.2 Å². The van der Waals surface area contributed by atoms with E-state index in [0.717, 1.165) is 40.8 Å². The Morgan fingerprint density at radius 1 is 1.00 bits per heavy atom. The quantitative estimate of drug-likeness (QED) is 0.235. The number of hydrogen-bond acceptors (Lipinski definition) is 9. The second-order valence-electron chi connectivity index (χ2n) is 10.0. The van der Waals surface area contributed by atoms with Gasteiger partial charge < -0.3 is 34.6 Å². The Kier molecular flexibility index (Phi) is 9.20. The van der Waals surface area contributed by atoms with Gasteiger partial charge in [-0.15, -0.1) is 0 Å². The molecule has 1 aliphatic rings. The summed E-state index contributed by atoms with van der Waals surface area (Å²) in [5.41, 5.74) is 3.64. The van der Waals surface area contributed by atoms with E-state index in [2.05, 4.69) is 53.8 Å². The molecule has 1 saturated heterocycles. The van der Waals surface area contributed by atoms with Gasteiger partial charge in [-0.2, -0.15) is 5.26 Å². The van der Waals surface area contributed by atoms with Gasteiger partial charge >= 0.3 is 0 Å². The van der Waals surface area contributed by atoms with Gasteiger partial charge in [0.2, 0.25) is 0 Å². The maximum atomic E-state index is 13.1. The highest BCUT2D eigenvalue weighted by molar-refractivity contribution is 7.93. The number of nitrogens with zero attached hydrogens (tertiary/aromatic N) is 3. The van der Waals surface area contributed by atoms with E-state index in [1.165, 1.54) is 6.92 Å². The second kappa shape index (κ2) is 12.3. The second-order valence-corrected chi connectivity index (χ2v) is 11.7. The van der Waals surface area contributed by atoms with E-state index >= 15 is 0 Å². The fourth-order valence-electron chi connectivity index (χ4n) is 5.18. The van der Waals surface area contributed by atoms with Crippen LogP contribution in [0.15, 0.2) is 53.4 Å². The average Bonchev–Trinajstić information content (AvgIpc) is 3.34. The number of nitriles is 1. The largest absolute Gasteiger partial charge is 0.388 e. The van der Waals surface area contributed by atoms with Crippen molar-refractivity contribution in [3.8, 4) is 17.3 Å². The van der Waals surface area contributed by atoms with Crippen LogP contribution in [-0.4, -0.2) is 83.8 Å². The average molecular weight is 585 g/mol. The third-order valence-corrected chi connectivity index (χ3v) is 9.11. The molecule has 0 saturated carbocycles. The van der Waals surface area contributed by atoms with Crippen molar-refractivity contribution in [3.63, 3.8) is 0 Å². The zero-order valence-corrected chi connectivity index (χ0v) is 24.2. The van der Waals surface area contributed by atoms with Crippen LogP contribution in [0.5, 0.6) is 0 Å². The number of rotatable bonds is 9. The van der Waals surface area contributed by atoms with E-state index in [9.17, 15) is 34.1 Å². The number of aromatic nitrogens is 1. The van der Waals surface area contributed by atoms with Crippen molar-refractivity contribution in [1.82, 2.24) is 9.29 Å². The molecule has 2 aromatic carbocycles. The van der Waals surface area contributed by atoms with E-state index in [4.69, 9.17) is 4.74 Å². The van der Waals surface area contributed by atoms with Gasteiger partial charge in [0.25, 0.3) is 10.0 Å². The Balaban J connectivity index is 1.60. The molecule has 0 spiro atoms. The molecule has 5 atom stereocenters. The molecule has 0 amide bonds. The number of aliphatic hydroxyl groups excluding tert-OH is 4. The molecule has 0 bridgehead atoms. The maximum absolute atomic E-state index is 13.1. The summed E-state index contributed by atoms with van der Waals surface area (Å²) in [6, 6.07) is 17.8. The first kappa shape index (κ1) is 30.7. The van der Waals surface area contributed by atoms with Crippen LogP contribution in [0.4, 0.5) is 5.69 Å². The van der Waals surface area contributed by atoms with Crippen molar-refractivity contribution in [1.29, 1.82) is 5.26 Å². The van der Waals surface area contributed by atoms with Gasteiger partial charge in [-0.25, -0.2) is 13.1 Å². The maximum Gasteiger partial charge on any atom is 0.251 e. The molecule has 12 heteroatoms. The number of ether oxygens (including phenoxy) is 1. The van der Waals surface area contributed by atoms with Gasteiger partial charge in [-0.1, -0.05) is 18.2 Å². The number of hydrogen-bond donors (Lipinski definition) is 5. The molecule has 11 nitrogen and oxygen atoms in total. The summed E-state index contributed by atoms with van der Waals surface area (Å²) in [6.07, 6.45) is -8.29. The smallest absolute Gasteiger partial charge is 0.251 e. The molecule has 4 rings (SSSR count). The topological polar surface area (TPSA) is 168 Å². The Morgan fingerprint density at radius 3 is 2.32 bits per heavy atom. The monoisotopic (exact) mass is 584 g/mol. The summed E-state index contributed by atoms with van der Waals surface area (Å²) in [5.74, 6) is 0. The lowest BCUT2D eigenvalue weighted by atomic mass is 9.99. The first-order valence-electron chi connectivity index (χ1n) is 13.4. The van der Waals surface area contributed by atoms with E-state index in [0.29, 0.717) is 5.69 Å². The SMILES string of the molecule is CCN(CC)c1ccc2cc(-c3ccc(/C(C)=C(\C#N)S(=O)(=O)NC[C@H]4OC(O)[C@H](O)[C@@H](O)[C@@H]4O)n3C)ccc2c1. The van der Waals surface area contributed by atoms with Gasteiger partial charge in [-0.05, 0) is 67.4 Å². The summed E-state index contributed by atoms with van der Waals surface area (Å²) in [6.45, 7) is 7.06. The highest BCUT2D eigenvalue weighted by Gasteiger charge is 2.43. The number of benzene rings is 2. The third-order valence-electron chi connectivity index (χ3n) is 7.63. The molecule has 0 radical (unpaired) electrons. The molecule has 1 fully saturated rings. The molecule has 41 heavy (non-hydrogen) atoms. The molecule has 1 unspecified atom stereocenters. The summed E-state index contributed by atoms with van der Waals surface area (Å²) in [4.78, 5) is 1.75. The lowest BCUT2D eigenvalue weighted by Gasteiger charge is -2.38. The van der Waals surface area contributed by atoms with Crippen LogP contribution < -0.4 is 9.62 Å². The zero-order valence-electron chi connectivity index (χ0n) is 23.4. The Labute approximate surface area is 239 Å². The first-order chi connectivity index (χ1) is 19.4. The number of fused-ring (bicyclic) bond motifs is 1. The van der Waals surface area contributed by atoms with Gasteiger partial charge in [-0.3, -0.25) is 0 Å². The molecule has 1 aliphatic heterocycles. The predicted octanol–water partition coefficient (Wildman–Crippen LogP) is 1.67. The van der Waals surface area contributed by atoms with Crippen LogP contribution in [0.3, 0.4) is 0 Å². The molecular weight excluding hydrogens is 548 g/mol. The first-order valence-corrected chi connectivity index (χ1v) is 14.8. The predicted molar refractivity (Wildman–Crippen MR) is 156 cm³/mol. The van der Waals surface area contributed by atoms with Gasteiger partial charge in [0.1, 0.15) is 30.5 Å². The molecule has 1 aromatic heterocycles. The number of nitrogens with one attached hydrogen (secondary N) is 1. The van der Waals surface area contributed by atoms with Crippen molar-refractivity contribution in [2.45, 2.75) is 51.5 Å². The highest BCUT2D eigenvalue weighted by atomic mass is 32.2. The van der Waals surface area contributed by atoms with Crippen molar-refractivity contribution < 1.29 is 33.6 Å². The molecule has 2 heterocycles. The fraction of sp³-hybridized carbons (Fsp3) is 0.414. The summed E-state index contributed by atoms with van der Waals surface area (Å²) >= 11 is 0. The van der Waals surface area contributed by atoms with Gasteiger partial charge in [0.05, 0.1) is 0 Å². The molecule has 5 N–H and O–H groups in total. The Bertz CT molecular complexity index is 1590. The van der Waals surface area contributed by atoms with Crippen LogP contribution in [0.1, 0.15) is 26.5 Å². The minimum Gasteiger partial charge on any atom is -0.388 e. The summed E-state index contributed by atoms with van der Waals surface area (Å²) in [7, 11) is -2.58. The normalized spacial score (nSPS) is 23.7. The minimum absolute atomic E-state index is 0.207. The summed E-state index contributed by atoms with van der Waals surface area (Å²) < 4.78 is 35.2. The van der Waals surface area contributed by atoms with Crippen LogP contribution in [0.2, 0.25) is 0 Å². The number of anilines is 1. The minimum atomic E-state index is -4.37. The Hall–Kier alpha value is -3.28. The van der Waals surface area contributed by atoms with Crippen LogP contribution >= 0.6 is 0 Å². The van der Waals surface area contributed by atoms with Gasteiger partial charge in [0, 0.05) is 49.3 Å². The van der Waals surface area contributed by atoms with Gasteiger partial charge in [0.15, 0.2) is 11.2 Å². The third kappa shape index (κ3) is 6.02. The van der Waals surface area contributed by atoms with Crippen LogP contribution in [-0.2, 0) is 21.8 Å². The van der Waals surface area contributed by atoms with E-state index in [-0.39, 0.29) is 5.57 Å². The molecular formula is C29H36N4O7S.